The van der Waals surface area contributed by atoms with Gasteiger partial charge in [0.2, 0.25) is 0 Å². The minimum atomic E-state index is 0. The Morgan fingerprint density at radius 2 is 1.57 bits per heavy atom. The molecule has 0 aromatic rings. The van der Waals surface area contributed by atoms with E-state index in [2.05, 4.69) is 34.1 Å². The number of rotatable bonds is 1. The van der Waals surface area contributed by atoms with Crippen molar-refractivity contribution in [3.63, 3.8) is 0 Å². The Bertz CT molecular complexity index is 140. The summed E-state index contributed by atoms with van der Waals surface area (Å²) < 4.78 is 0. The fourth-order valence-corrected chi connectivity index (χ4v) is 2.38. The molecular formula is C13H27K. The summed E-state index contributed by atoms with van der Waals surface area (Å²) >= 11 is 0. The maximum atomic E-state index is 2.48. The van der Waals surface area contributed by atoms with Crippen LogP contribution in [-0.2, 0) is 0 Å². The molecule has 80 valence electrons. The summed E-state index contributed by atoms with van der Waals surface area (Å²) in [6, 6.07) is 0. The summed E-state index contributed by atoms with van der Waals surface area (Å²) in [7, 11) is 0. The third-order valence-electron chi connectivity index (χ3n) is 3.09. The van der Waals surface area contributed by atoms with Gasteiger partial charge >= 0.3 is 51.4 Å². The molecule has 0 aromatic carbocycles. The molecule has 0 spiro atoms. The van der Waals surface area contributed by atoms with Crippen molar-refractivity contribution in [1.82, 2.24) is 0 Å². The third kappa shape index (κ3) is 6.27. The normalized spacial score (nSPS) is 29.6. The van der Waals surface area contributed by atoms with Gasteiger partial charge in [-0.15, -0.1) is 0 Å². The summed E-state index contributed by atoms with van der Waals surface area (Å²) in [5, 5.41) is 0. The van der Waals surface area contributed by atoms with Crippen molar-refractivity contribution in [2.45, 2.75) is 67.2 Å². The van der Waals surface area contributed by atoms with Crippen LogP contribution < -0.4 is 51.4 Å². The van der Waals surface area contributed by atoms with Crippen molar-refractivity contribution in [2.75, 3.05) is 0 Å². The van der Waals surface area contributed by atoms with Crippen LogP contribution in [0.25, 0.3) is 0 Å². The van der Waals surface area contributed by atoms with Crippen LogP contribution in [0, 0.1) is 17.3 Å². The van der Waals surface area contributed by atoms with E-state index in [9.17, 15) is 0 Å². The van der Waals surface area contributed by atoms with Crippen molar-refractivity contribution < 1.29 is 51.4 Å². The molecule has 0 nitrogen and oxygen atoms in total. The van der Waals surface area contributed by atoms with Gasteiger partial charge in [-0.25, -0.2) is 0 Å². The van der Waals surface area contributed by atoms with Crippen molar-refractivity contribution in [1.29, 1.82) is 0 Å². The molecule has 1 heteroatoms. The smallest absolute Gasteiger partial charge is 0.327 e. The average Bonchev–Trinajstić information content (AvgIpc) is 2.06. The zero-order chi connectivity index (χ0) is 10.5. The maximum Gasteiger partial charge on any atom is 1.00 e. The number of hydrogen-bond acceptors (Lipinski definition) is 0. The van der Waals surface area contributed by atoms with Crippen molar-refractivity contribution in [2.24, 2.45) is 10.8 Å². The second kappa shape index (κ2) is 7.84. The Balaban J connectivity index is 0. The summed E-state index contributed by atoms with van der Waals surface area (Å²) in [5.74, 6) is 0. The van der Waals surface area contributed by atoms with E-state index in [4.69, 9.17) is 0 Å². The van der Waals surface area contributed by atoms with E-state index in [-0.39, 0.29) is 51.4 Å². The van der Waals surface area contributed by atoms with Crippen LogP contribution in [0.2, 0.25) is 0 Å². The van der Waals surface area contributed by atoms with Gasteiger partial charge in [0.25, 0.3) is 0 Å². The summed E-state index contributed by atoms with van der Waals surface area (Å²) in [5.41, 5.74) is 1.16. The summed E-state index contributed by atoms with van der Waals surface area (Å²) in [6.45, 7) is 13.5. The van der Waals surface area contributed by atoms with Gasteiger partial charge in [0, 0.05) is 0 Å². The molecule has 0 N–H and O–H groups in total. The maximum absolute atomic E-state index is 2.48. The molecule has 0 radical (unpaired) electrons. The molecule has 0 amide bonds. The van der Waals surface area contributed by atoms with Gasteiger partial charge in [-0.3, -0.25) is 0 Å². The fraction of sp³-hybridized carbons (Fsp3) is 0.923. The standard InChI is InChI=1S/C11H21.C2H6.K/c1-5-11(4)8-6-7-10(2,3)9-11;1-2;/h6H,5,7-9H2,1-4H3;1-2H3;/q-1;;+1. The molecule has 1 aliphatic rings. The minimum Gasteiger partial charge on any atom is -0.327 e. The molecule has 0 aromatic heterocycles. The van der Waals surface area contributed by atoms with E-state index in [0.717, 1.165) is 0 Å². The van der Waals surface area contributed by atoms with Crippen molar-refractivity contribution >= 4 is 0 Å². The minimum absolute atomic E-state index is 0. The van der Waals surface area contributed by atoms with Crippen LogP contribution in [0.1, 0.15) is 67.2 Å². The molecule has 0 aliphatic heterocycles. The van der Waals surface area contributed by atoms with Crippen molar-refractivity contribution in [3.05, 3.63) is 6.42 Å². The predicted octanol–water partition coefficient (Wildman–Crippen LogP) is 1.85. The predicted molar refractivity (Wildman–Crippen MR) is 61.7 cm³/mol. The molecule has 0 bridgehead atoms. The first-order valence-corrected chi connectivity index (χ1v) is 5.79. The zero-order valence-corrected chi connectivity index (χ0v) is 14.5. The molecular weight excluding hydrogens is 195 g/mol. The quantitative estimate of drug-likeness (QED) is 0.469. The SMILES string of the molecule is CC.CCC1(C)C[CH-]CC(C)(C)C1.[K+]. The fourth-order valence-electron chi connectivity index (χ4n) is 2.38. The molecule has 1 aliphatic carbocycles. The van der Waals surface area contributed by atoms with Gasteiger partial charge in [0.1, 0.15) is 0 Å². The first-order chi connectivity index (χ1) is 5.97. The molecule has 1 unspecified atom stereocenters. The summed E-state index contributed by atoms with van der Waals surface area (Å²) in [6.07, 6.45) is 7.84. The summed E-state index contributed by atoms with van der Waals surface area (Å²) in [4.78, 5) is 0. The van der Waals surface area contributed by atoms with Crippen LogP contribution in [-0.4, -0.2) is 0 Å². The molecule has 1 rings (SSSR count). The van der Waals surface area contributed by atoms with Gasteiger partial charge in [0.15, 0.2) is 0 Å². The first-order valence-electron chi connectivity index (χ1n) is 5.79. The second-order valence-electron chi connectivity index (χ2n) is 5.20. The van der Waals surface area contributed by atoms with E-state index >= 15 is 0 Å². The molecule has 0 heterocycles. The molecule has 14 heavy (non-hydrogen) atoms. The Hall–Kier alpha value is 1.64. The molecule has 1 atom stereocenters. The van der Waals surface area contributed by atoms with Gasteiger partial charge in [-0.1, -0.05) is 58.8 Å². The van der Waals surface area contributed by atoms with Gasteiger partial charge in [0.05, 0.1) is 0 Å². The van der Waals surface area contributed by atoms with Crippen LogP contribution >= 0.6 is 0 Å². The van der Waals surface area contributed by atoms with Crippen LogP contribution in [0.4, 0.5) is 0 Å². The molecule has 1 fully saturated rings. The van der Waals surface area contributed by atoms with E-state index < -0.39 is 0 Å². The van der Waals surface area contributed by atoms with Gasteiger partial charge in [-0.05, 0) is 6.42 Å². The Kier molecular flexibility index (Phi) is 10.1. The Labute approximate surface area is 134 Å². The van der Waals surface area contributed by atoms with Gasteiger partial charge in [-0.2, -0.15) is 12.8 Å². The Morgan fingerprint density at radius 1 is 1.07 bits per heavy atom. The van der Waals surface area contributed by atoms with Crippen LogP contribution in [0.15, 0.2) is 0 Å². The first kappa shape index (κ1) is 18.0. The van der Waals surface area contributed by atoms with E-state index in [1.54, 1.807) is 0 Å². The third-order valence-corrected chi connectivity index (χ3v) is 3.09. The zero-order valence-electron chi connectivity index (χ0n) is 11.4. The van der Waals surface area contributed by atoms with Crippen LogP contribution in [0.5, 0.6) is 0 Å². The van der Waals surface area contributed by atoms with E-state index in [1.165, 1.54) is 25.7 Å². The van der Waals surface area contributed by atoms with E-state index in [1.807, 2.05) is 13.8 Å². The number of hydrogen-bond donors (Lipinski definition) is 0. The monoisotopic (exact) mass is 222 g/mol. The van der Waals surface area contributed by atoms with Gasteiger partial charge < -0.3 is 6.42 Å². The Morgan fingerprint density at radius 3 is 1.86 bits per heavy atom. The largest absolute Gasteiger partial charge is 1.00 e. The topological polar surface area (TPSA) is 0 Å². The second-order valence-corrected chi connectivity index (χ2v) is 5.20. The molecule has 1 saturated carbocycles. The van der Waals surface area contributed by atoms with Crippen molar-refractivity contribution in [3.8, 4) is 0 Å². The van der Waals surface area contributed by atoms with Crippen LogP contribution in [0.3, 0.4) is 0 Å². The van der Waals surface area contributed by atoms with E-state index in [0.29, 0.717) is 10.8 Å². The average molecular weight is 222 g/mol. The molecule has 0 saturated heterocycles.